The van der Waals surface area contributed by atoms with Gasteiger partial charge in [-0.15, -0.1) is 0 Å². The highest BCUT2D eigenvalue weighted by atomic mass is 16.3. The highest BCUT2D eigenvalue weighted by Gasteiger charge is 2.53. The minimum Gasteiger partial charge on any atom is -0.386 e. The van der Waals surface area contributed by atoms with Crippen molar-refractivity contribution in [2.45, 2.75) is 38.2 Å². The Morgan fingerprint density at radius 2 is 2.19 bits per heavy atom. The van der Waals surface area contributed by atoms with E-state index in [1.165, 1.54) is 0 Å². The molecule has 1 aliphatic carbocycles. The maximum absolute atomic E-state index is 11.8. The molecule has 1 saturated heterocycles. The molecule has 3 N–H and O–H groups in total. The summed E-state index contributed by atoms with van der Waals surface area (Å²) in [4.78, 5) is 13.6. The number of likely N-dealkylation sites (tertiary alicyclic amines) is 1. The Hall–Kier alpha value is -0.610. The molecule has 0 spiro atoms. The summed E-state index contributed by atoms with van der Waals surface area (Å²) in [6.07, 6.45) is 3.73. The molecule has 92 valence electrons. The number of carbonyl (C=O) groups is 1. The van der Waals surface area contributed by atoms with Crippen molar-refractivity contribution < 1.29 is 9.90 Å². The SMILES string of the molecule is CCC(CN)CC(=O)N1CC(O)(C2CC2)C1. The molecule has 1 heterocycles. The van der Waals surface area contributed by atoms with E-state index in [2.05, 4.69) is 6.92 Å². The van der Waals surface area contributed by atoms with Gasteiger partial charge in [-0.3, -0.25) is 4.79 Å². The molecule has 0 bridgehead atoms. The van der Waals surface area contributed by atoms with E-state index in [0.29, 0.717) is 37.9 Å². The van der Waals surface area contributed by atoms with Gasteiger partial charge >= 0.3 is 0 Å². The molecule has 1 unspecified atom stereocenters. The topological polar surface area (TPSA) is 66.6 Å². The van der Waals surface area contributed by atoms with E-state index in [4.69, 9.17) is 5.73 Å². The average Bonchev–Trinajstić information content (AvgIpc) is 3.04. The summed E-state index contributed by atoms with van der Waals surface area (Å²) in [5.41, 5.74) is 5.03. The van der Waals surface area contributed by atoms with Crippen LogP contribution in [0.25, 0.3) is 0 Å². The highest BCUT2D eigenvalue weighted by Crippen LogP contribution is 2.44. The summed E-state index contributed by atoms with van der Waals surface area (Å²) in [5.74, 6) is 0.901. The molecule has 2 aliphatic rings. The van der Waals surface area contributed by atoms with Gasteiger partial charge in [0.1, 0.15) is 5.60 Å². The number of carbonyl (C=O) groups excluding carboxylic acids is 1. The smallest absolute Gasteiger partial charge is 0.223 e. The van der Waals surface area contributed by atoms with Crippen LogP contribution in [-0.2, 0) is 4.79 Å². The fourth-order valence-electron chi connectivity index (χ4n) is 2.44. The first-order chi connectivity index (χ1) is 7.59. The van der Waals surface area contributed by atoms with Crippen LogP contribution in [-0.4, -0.2) is 41.1 Å². The number of hydrogen-bond donors (Lipinski definition) is 2. The monoisotopic (exact) mass is 226 g/mol. The molecule has 1 atom stereocenters. The maximum atomic E-state index is 11.8. The Morgan fingerprint density at radius 3 is 2.62 bits per heavy atom. The molecule has 2 fully saturated rings. The van der Waals surface area contributed by atoms with Crippen LogP contribution in [0.15, 0.2) is 0 Å². The van der Waals surface area contributed by atoms with Gasteiger partial charge in [0.05, 0.1) is 13.1 Å². The maximum Gasteiger partial charge on any atom is 0.223 e. The van der Waals surface area contributed by atoms with Crippen molar-refractivity contribution in [2.75, 3.05) is 19.6 Å². The Bertz CT molecular complexity index is 266. The molecule has 1 aliphatic heterocycles. The molecule has 16 heavy (non-hydrogen) atoms. The van der Waals surface area contributed by atoms with Gasteiger partial charge in [-0.25, -0.2) is 0 Å². The predicted octanol–water partition coefficient (Wildman–Crippen LogP) is 0.345. The fraction of sp³-hybridized carbons (Fsp3) is 0.917. The van der Waals surface area contributed by atoms with E-state index in [9.17, 15) is 9.90 Å². The van der Waals surface area contributed by atoms with E-state index in [0.717, 1.165) is 19.3 Å². The molecular formula is C12H22N2O2. The van der Waals surface area contributed by atoms with E-state index >= 15 is 0 Å². The molecule has 0 aromatic carbocycles. The van der Waals surface area contributed by atoms with Gasteiger partial charge in [-0.05, 0) is 31.2 Å². The Morgan fingerprint density at radius 1 is 1.56 bits per heavy atom. The van der Waals surface area contributed by atoms with E-state index in [1.54, 1.807) is 4.90 Å². The molecule has 0 radical (unpaired) electrons. The molecule has 0 aromatic rings. The number of rotatable bonds is 5. The quantitative estimate of drug-likeness (QED) is 0.710. The number of nitrogens with two attached hydrogens (primary N) is 1. The molecule has 1 saturated carbocycles. The van der Waals surface area contributed by atoms with Gasteiger partial charge in [-0.1, -0.05) is 13.3 Å². The molecule has 4 heteroatoms. The second-order valence-corrected chi connectivity index (χ2v) is 5.34. The third-order valence-electron chi connectivity index (χ3n) is 3.99. The standard InChI is InChI=1S/C12H22N2O2/c1-2-9(6-13)5-11(15)14-7-12(16,8-14)10-3-4-10/h9-10,16H,2-8,13H2,1H3. The number of aliphatic hydroxyl groups is 1. The Labute approximate surface area is 96.8 Å². The third kappa shape index (κ3) is 2.23. The highest BCUT2D eigenvalue weighted by molar-refractivity contribution is 5.77. The lowest BCUT2D eigenvalue weighted by molar-refractivity contribution is -0.160. The van der Waals surface area contributed by atoms with Crippen LogP contribution in [0.3, 0.4) is 0 Å². The number of hydrogen-bond acceptors (Lipinski definition) is 3. The number of β-amino-alcohol motifs (C(OH)–C–C–N with tert-alkyl or cyclic N) is 1. The molecule has 1 amide bonds. The lowest BCUT2D eigenvalue weighted by atomic mass is 9.87. The van der Waals surface area contributed by atoms with Crippen LogP contribution in [0.5, 0.6) is 0 Å². The van der Waals surface area contributed by atoms with Gasteiger partial charge in [0.15, 0.2) is 0 Å². The summed E-state index contributed by atoms with van der Waals surface area (Å²) in [5, 5.41) is 10.1. The van der Waals surface area contributed by atoms with Gasteiger partial charge in [-0.2, -0.15) is 0 Å². The van der Waals surface area contributed by atoms with Crippen LogP contribution in [0.2, 0.25) is 0 Å². The van der Waals surface area contributed by atoms with Crippen molar-refractivity contribution >= 4 is 5.91 Å². The fourth-order valence-corrected chi connectivity index (χ4v) is 2.44. The van der Waals surface area contributed by atoms with E-state index < -0.39 is 5.60 Å². The summed E-state index contributed by atoms with van der Waals surface area (Å²) >= 11 is 0. The van der Waals surface area contributed by atoms with Crippen LogP contribution in [0.1, 0.15) is 32.6 Å². The minimum absolute atomic E-state index is 0.155. The van der Waals surface area contributed by atoms with Crippen LogP contribution < -0.4 is 5.73 Å². The second kappa shape index (κ2) is 4.34. The zero-order chi connectivity index (χ0) is 11.8. The van der Waals surface area contributed by atoms with E-state index in [-0.39, 0.29) is 5.91 Å². The molecule has 4 nitrogen and oxygen atoms in total. The Kier molecular flexibility index (Phi) is 3.22. The Balaban J connectivity index is 1.76. The largest absolute Gasteiger partial charge is 0.386 e. The predicted molar refractivity (Wildman–Crippen MR) is 61.7 cm³/mol. The second-order valence-electron chi connectivity index (χ2n) is 5.34. The van der Waals surface area contributed by atoms with Crippen molar-refractivity contribution in [3.05, 3.63) is 0 Å². The first kappa shape index (κ1) is 11.9. The zero-order valence-electron chi connectivity index (χ0n) is 9.98. The molecule has 2 rings (SSSR count). The van der Waals surface area contributed by atoms with Crippen LogP contribution in [0, 0.1) is 11.8 Å². The van der Waals surface area contributed by atoms with Crippen molar-refractivity contribution in [2.24, 2.45) is 17.6 Å². The van der Waals surface area contributed by atoms with Gasteiger partial charge in [0.25, 0.3) is 0 Å². The normalized spacial score (nSPS) is 25.1. The van der Waals surface area contributed by atoms with Crippen molar-refractivity contribution in [3.63, 3.8) is 0 Å². The first-order valence-electron chi connectivity index (χ1n) is 6.29. The zero-order valence-corrected chi connectivity index (χ0v) is 9.98. The lowest BCUT2D eigenvalue weighted by Crippen LogP contribution is -2.64. The molecular weight excluding hydrogens is 204 g/mol. The third-order valence-corrected chi connectivity index (χ3v) is 3.99. The van der Waals surface area contributed by atoms with E-state index in [1.807, 2.05) is 0 Å². The lowest BCUT2D eigenvalue weighted by Gasteiger charge is -2.47. The number of amides is 1. The van der Waals surface area contributed by atoms with Crippen molar-refractivity contribution in [1.29, 1.82) is 0 Å². The summed E-state index contributed by atoms with van der Waals surface area (Å²) in [6.45, 7) is 3.71. The van der Waals surface area contributed by atoms with Crippen molar-refractivity contribution in [3.8, 4) is 0 Å². The summed E-state index contributed by atoms with van der Waals surface area (Å²) in [6, 6.07) is 0. The van der Waals surface area contributed by atoms with Crippen LogP contribution in [0.4, 0.5) is 0 Å². The van der Waals surface area contributed by atoms with Gasteiger partial charge in [0.2, 0.25) is 5.91 Å². The van der Waals surface area contributed by atoms with Gasteiger partial charge in [0, 0.05) is 6.42 Å². The van der Waals surface area contributed by atoms with Gasteiger partial charge < -0.3 is 15.7 Å². The summed E-state index contributed by atoms with van der Waals surface area (Å²) in [7, 11) is 0. The van der Waals surface area contributed by atoms with Crippen LogP contribution >= 0.6 is 0 Å². The number of nitrogens with zero attached hydrogens (tertiary/aromatic N) is 1. The minimum atomic E-state index is -0.555. The molecule has 0 aromatic heterocycles. The van der Waals surface area contributed by atoms with Crippen molar-refractivity contribution in [1.82, 2.24) is 4.90 Å². The first-order valence-corrected chi connectivity index (χ1v) is 6.29. The summed E-state index contributed by atoms with van der Waals surface area (Å²) < 4.78 is 0. The average molecular weight is 226 g/mol.